The van der Waals surface area contributed by atoms with Crippen molar-refractivity contribution in [3.63, 3.8) is 0 Å². The molecular formula is C22H23F3N2O5S. The Bertz CT molecular complexity index is 1100. The maximum atomic E-state index is 12.9. The van der Waals surface area contributed by atoms with Gasteiger partial charge in [-0.2, -0.15) is 17.5 Å². The van der Waals surface area contributed by atoms with E-state index < -0.39 is 51.1 Å². The topological polar surface area (TPSA) is 84.0 Å². The van der Waals surface area contributed by atoms with Crippen LogP contribution in [0.2, 0.25) is 0 Å². The molecule has 0 aliphatic carbocycles. The van der Waals surface area contributed by atoms with Gasteiger partial charge >= 0.3 is 12.1 Å². The summed E-state index contributed by atoms with van der Waals surface area (Å²) in [5, 5.41) is 0. The molecule has 1 aliphatic rings. The Morgan fingerprint density at radius 2 is 1.70 bits per heavy atom. The lowest BCUT2D eigenvalue weighted by molar-refractivity contribution is -0.153. The monoisotopic (exact) mass is 484 g/mol. The number of esters is 1. The molecule has 1 heterocycles. The van der Waals surface area contributed by atoms with E-state index in [4.69, 9.17) is 4.74 Å². The van der Waals surface area contributed by atoms with Gasteiger partial charge in [0.05, 0.1) is 16.4 Å². The summed E-state index contributed by atoms with van der Waals surface area (Å²) in [5.41, 5.74) is -0.404. The molecule has 2 aromatic carbocycles. The first kappa shape index (κ1) is 24.7. The zero-order valence-electron chi connectivity index (χ0n) is 17.8. The molecule has 0 saturated carbocycles. The smallest absolute Gasteiger partial charge is 0.416 e. The molecule has 0 radical (unpaired) electrons. The predicted molar refractivity (Wildman–Crippen MR) is 114 cm³/mol. The Labute approximate surface area is 189 Å². The average molecular weight is 484 g/mol. The summed E-state index contributed by atoms with van der Waals surface area (Å²) in [6, 6.07) is 12.4. The maximum absolute atomic E-state index is 12.9. The van der Waals surface area contributed by atoms with Crippen molar-refractivity contribution in [1.82, 2.24) is 4.31 Å². The van der Waals surface area contributed by atoms with Gasteiger partial charge < -0.3 is 9.64 Å². The third-order valence-corrected chi connectivity index (χ3v) is 7.34. The van der Waals surface area contributed by atoms with Crippen molar-refractivity contribution in [2.45, 2.75) is 23.9 Å². The first-order valence-corrected chi connectivity index (χ1v) is 11.6. The Balaban J connectivity index is 1.55. The molecule has 0 atom stereocenters. The third kappa shape index (κ3) is 5.91. The normalized spacial score (nSPS) is 15.8. The van der Waals surface area contributed by atoms with E-state index >= 15 is 0 Å². The number of carbonyl (C=O) groups is 2. The number of alkyl halides is 3. The van der Waals surface area contributed by atoms with E-state index in [-0.39, 0.29) is 25.9 Å². The number of halogens is 3. The Kier molecular flexibility index (Phi) is 7.43. The van der Waals surface area contributed by atoms with Gasteiger partial charge in [-0.3, -0.25) is 9.59 Å². The van der Waals surface area contributed by atoms with Crippen molar-refractivity contribution in [2.24, 2.45) is 5.92 Å². The number of hydrogen-bond donors (Lipinski definition) is 0. The van der Waals surface area contributed by atoms with E-state index in [1.54, 1.807) is 37.4 Å². The summed E-state index contributed by atoms with van der Waals surface area (Å²) in [5.74, 6) is -1.63. The van der Waals surface area contributed by atoms with Crippen LogP contribution in [0.4, 0.5) is 18.9 Å². The van der Waals surface area contributed by atoms with Gasteiger partial charge in [0.2, 0.25) is 10.0 Å². The highest BCUT2D eigenvalue weighted by molar-refractivity contribution is 7.89. The van der Waals surface area contributed by atoms with Crippen LogP contribution in [0.1, 0.15) is 18.4 Å². The van der Waals surface area contributed by atoms with Crippen molar-refractivity contribution in [1.29, 1.82) is 0 Å². The third-order valence-electron chi connectivity index (χ3n) is 5.44. The molecule has 11 heteroatoms. The second-order valence-electron chi connectivity index (χ2n) is 7.60. The molecule has 1 aliphatic heterocycles. The number of hydrogen-bond acceptors (Lipinski definition) is 5. The quantitative estimate of drug-likeness (QED) is 0.588. The largest absolute Gasteiger partial charge is 0.455 e. The van der Waals surface area contributed by atoms with E-state index in [0.29, 0.717) is 11.8 Å². The molecule has 0 N–H and O–H groups in total. The van der Waals surface area contributed by atoms with Crippen LogP contribution in [0, 0.1) is 5.92 Å². The molecule has 3 rings (SSSR count). The Hall–Kier alpha value is -2.92. The van der Waals surface area contributed by atoms with Crippen LogP contribution in [-0.2, 0) is 30.5 Å². The number of benzene rings is 2. The lowest BCUT2D eigenvalue weighted by Crippen LogP contribution is -2.41. The molecule has 178 valence electrons. The first-order chi connectivity index (χ1) is 15.5. The standard InChI is InChI=1S/C22H23F3N2O5S/c1-26(18-7-3-2-4-8-18)20(28)15-32-21(29)16-10-12-27(13-11-16)33(30,31)19-9-5-6-17(14-19)22(23,24)25/h2-9,14,16H,10-13,15H2,1H3. The van der Waals surface area contributed by atoms with Crippen LogP contribution in [0.15, 0.2) is 59.5 Å². The minimum Gasteiger partial charge on any atom is -0.455 e. The summed E-state index contributed by atoms with van der Waals surface area (Å²) in [7, 11) is -2.58. The van der Waals surface area contributed by atoms with E-state index in [2.05, 4.69) is 0 Å². The van der Waals surface area contributed by atoms with E-state index in [1.165, 1.54) is 4.90 Å². The van der Waals surface area contributed by atoms with Crippen LogP contribution < -0.4 is 4.90 Å². The van der Waals surface area contributed by atoms with Crippen molar-refractivity contribution in [2.75, 3.05) is 31.6 Å². The summed E-state index contributed by atoms with van der Waals surface area (Å²) < 4.78 is 70.5. The SMILES string of the molecule is CN(C(=O)COC(=O)C1CCN(S(=O)(=O)c2cccc(C(F)(F)F)c2)CC1)c1ccccc1. The van der Waals surface area contributed by atoms with Gasteiger partial charge in [0.25, 0.3) is 5.91 Å². The predicted octanol–water partition coefficient (Wildman–Crippen LogP) is 3.31. The Morgan fingerprint density at radius 3 is 2.30 bits per heavy atom. The zero-order chi connectivity index (χ0) is 24.2. The number of amides is 1. The molecule has 2 aromatic rings. The zero-order valence-corrected chi connectivity index (χ0v) is 18.6. The minimum atomic E-state index is -4.66. The number of rotatable bonds is 6. The van der Waals surface area contributed by atoms with Crippen LogP contribution in [0.5, 0.6) is 0 Å². The molecule has 7 nitrogen and oxygen atoms in total. The molecule has 0 spiro atoms. The van der Waals surface area contributed by atoms with Crippen LogP contribution in [-0.4, -0.2) is 51.3 Å². The average Bonchev–Trinajstić information content (AvgIpc) is 2.82. The molecule has 33 heavy (non-hydrogen) atoms. The molecular weight excluding hydrogens is 461 g/mol. The number of ether oxygens (including phenoxy) is 1. The maximum Gasteiger partial charge on any atom is 0.416 e. The van der Waals surface area contributed by atoms with Crippen molar-refractivity contribution in [3.8, 4) is 0 Å². The van der Waals surface area contributed by atoms with Gasteiger partial charge in [-0.05, 0) is 43.2 Å². The lowest BCUT2D eigenvalue weighted by Gasteiger charge is -2.30. The highest BCUT2D eigenvalue weighted by Crippen LogP contribution is 2.32. The molecule has 1 fully saturated rings. The highest BCUT2D eigenvalue weighted by Gasteiger charge is 2.35. The highest BCUT2D eigenvalue weighted by atomic mass is 32.2. The second kappa shape index (κ2) is 9.92. The van der Waals surface area contributed by atoms with Gasteiger partial charge in [-0.25, -0.2) is 8.42 Å². The number of likely N-dealkylation sites (N-methyl/N-ethyl adjacent to an activating group) is 1. The van der Waals surface area contributed by atoms with Gasteiger partial charge in [-0.15, -0.1) is 0 Å². The Morgan fingerprint density at radius 1 is 1.06 bits per heavy atom. The molecule has 1 saturated heterocycles. The summed E-state index contributed by atoms with van der Waals surface area (Å²) in [6.45, 7) is -0.542. The number of sulfonamides is 1. The van der Waals surface area contributed by atoms with Gasteiger partial charge in [-0.1, -0.05) is 24.3 Å². The minimum absolute atomic E-state index is 0.0454. The van der Waals surface area contributed by atoms with Crippen molar-refractivity contribution >= 4 is 27.6 Å². The molecule has 1 amide bonds. The number of carbonyl (C=O) groups excluding carboxylic acids is 2. The lowest BCUT2D eigenvalue weighted by atomic mass is 9.98. The fourth-order valence-electron chi connectivity index (χ4n) is 3.46. The van der Waals surface area contributed by atoms with Gasteiger partial charge in [0, 0.05) is 25.8 Å². The fraction of sp³-hybridized carbons (Fsp3) is 0.364. The van der Waals surface area contributed by atoms with E-state index in [1.807, 2.05) is 0 Å². The van der Waals surface area contributed by atoms with Gasteiger partial charge in [0.15, 0.2) is 6.61 Å². The molecule has 0 aromatic heterocycles. The van der Waals surface area contributed by atoms with Crippen LogP contribution in [0.25, 0.3) is 0 Å². The van der Waals surface area contributed by atoms with E-state index in [0.717, 1.165) is 22.5 Å². The van der Waals surface area contributed by atoms with Crippen molar-refractivity contribution < 1.29 is 35.9 Å². The fourth-order valence-corrected chi connectivity index (χ4v) is 4.97. The summed E-state index contributed by atoms with van der Waals surface area (Å²) in [4.78, 5) is 25.5. The van der Waals surface area contributed by atoms with Crippen LogP contribution in [0.3, 0.4) is 0 Å². The first-order valence-electron chi connectivity index (χ1n) is 10.2. The number of piperidine rings is 1. The molecule has 0 unspecified atom stereocenters. The van der Waals surface area contributed by atoms with E-state index in [9.17, 15) is 31.2 Å². The number of nitrogens with zero attached hydrogens (tertiary/aromatic N) is 2. The summed E-state index contributed by atoms with van der Waals surface area (Å²) >= 11 is 0. The second-order valence-corrected chi connectivity index (χ2v) is 9.54. The molecule has 0 bridgehead atoms. The van der Waals surface area contributed by atoms with Crippen LogP contribution >= 0.6 is 0 Å². The van der Waals surface area contributed by atoms with Gasteiger partial charge in [0.1, 0.15) is 0 Å². The number of anilines is 1. The summed E-state index contributed by atoms with van der Waals surface area (Å²) in [6.07, 6.45) is -4.38. The van der Waals surface area contributed by atoms with Crippen molar-refractivity contribution in [3.05, 3.63) is 60.2 Å². The number of para-hydroxylation sites is 1.